The summed E-state index contributed by atoms with van der Waals surface area (Å²) in [5.41, 5.74) is -0.590. The summed E-state index contributed by atoms with van der Waals surface area (Å²) in [5, 5.41) is 11.2. The maximum absolute atomic E-state index is 13.9. The number of rotatable bonds is 6. The van der Waals surface area contributed by atoms with Gasteiger partial charge in [-0.3, -0.25) is 14.1 Å². The lowest BCUT2D eigenvalue weighted by atomic mass is 9.82. The molecule has 11 heteroatoms. The number of carbonyl (C=O) groups is 2. The van der Waals surface area contributed by atoms with Crippen LogP contribution in [0.4, 0.5) is 21.5 Å². The number of azo groups is 1. The summed E-state index contributed by atoms with van der Waals surface area (Å²) >= 11 is 0. The molecular formula is C27H24FN3O6S. The van der Waals surface area contributed by atoms with Crippen LogP contribution in [0.25, 0.3) is 0 Å². The molecule has 1 saturated carbocycles. The lowest BCUT2D eigenvalue weighted by Crippen LogP contribution is -2.27. The molecule has 3 aromatic carbocycles. The van der Waals surface area contributed by atoms with Crippen molar-refractivity contribution in [1.29, 1.82) is 0 Å². The number of ether oxygens (including phenoxy) is 1. The van der Waals surface area contributed by atoms with Gasteiger partial charge in [-0.05, 0) is 31.0 Å². The third kappa shape index (κ3) is 4.70. The second-order valence-corrected chi connectivity index (χ2v) is 10.6. The van der Waals surface area contributed by atoms with E-state index in [4.69, 9.17) is 4.74 Å². The van der Waals surface area contributed by atoms with E-state index in [1.165, 1.54) is 25.3 Å². The highest BCUT2D eigenvalue weighted by atomic mass is 32.2. The smallest absolute Gasteiger partial charge is 0.296 e. The third-order valence-electron chi connectivity index (χ3n) is 6.78. The average Bonchev–Trinajstić information content (AvgIpc) is 2.90. The van der Waals surface area contributed by atoms with E-state index in [9.17, 15) is 27.0 Å². The van der Waals surface area contributed by atoms with Gasteiger partial charge in [0.2, 0.25) is 0 Å². The van der Waals surface area contributed by atoms with E-state index in [2.05, 4.69) is 15.5 Å². The molecule has 0 saturated heterocycles. The first-order valence-corrected chi connectivity index (χ1v) is 13.5. The van der Waals surface area contributed by atoms with E-state index in [-0.39, 0.29) is 45.4 Å². The van der Waals surface area contributed by atoms with E-state index >= 15 is 0 Å². The van der Waals surface area contributed by atoms with Crippen molar-refractivity contribution in [3.8, 4) is 5.75 Å². The number of nitrogens with zero attached hydrogens (tertiary/aromatic N) is 2. The van der Waals surface area contributed by atoms with Crippen molar-refractivity contribution in [1.82, 2.24) is 0 Å². The van der Waals surface area contributed by atoms with Gasteiger partial charge in [0.1, 0.15) is 27.8 Å². The molecule has 0 radical (unpaired) electrons. The van der Waals surface area contributed by atoms with Crippen LogP contribution in [0, 0.1) is 5.82 Å². The Morgan fingerprint density at radius 2 is 1.61 bits per heavy atom. The average molecular weight is 538 g/mol. The van der Waals surface area contributed by atoms with Gasteiger partial charge in [-0.25, -0.2) is 4.39 Å². The molecule has 0 atom stereocenters. The molecule has 3 aromatic rings. The van der Waals surface area contributed by atoms with Crippen LogP contribution >= 0.6 is 0 Å². The third-order valence-corrected chi connectivity index (χ3v) is 7.64. The molecule has 2 aliphatic rings. The Balaban J connectivity index is 1.78. The van der Waals surface area contributed by atoms with Crippen molar-refractivity contribution < 1.29 is 31.7 Å². The van der Waals surface area contributed by atoms with Gasteiger partial charge >= 0.3 is 0 Å². The van der Waals surface area contributed by atoms with Gasteiger partial charge in [-0.2, -0.15) is 8.42 Å². The number of carbonyl (C=O) groups excluding carboxylic acids is 2. The number of halogens is 1. The van der Waals surface area contributed by atoms with Crippen LogP contribution in [0.1, 0.15) is 63.9 Å². The quantitative estimate of drug-likeness (QED) is 0.227. The number of ketones is 2. The van der Waals surface area contributed by atoms with Gasteiger partial charge in [-0.1, -0.05) is 43.5 Å². The van der Waals surface area contributed by atoms with Crippen LogP contribution in [0.2, 0.25) is 0 Å². The zero-order valence-electron chi connectivity index (χ0n) is 20.4. The standard InChI is InChI=1S/C27H24FN3O6S/c1-37-21-12-11-15(28)13-19(21)30-31-25-22(38(34,35)36)14-20(29-16-7-3-2-4-8-16)23-24(25)27(33)18-10-6-5-9-17(18)26(23)32/h5-6,9-14,16,29H,2-4,7-8H2,1H3,(H,34,35,36)/b31-30+. The molecule has 0 aromatic heterocycles. The minimum Gasteiger partial charge on any atom is -0.494 e. The largest absolute Gasteiger partial charge is 0.494 e. The van der Waals surface area contributed by atoms with E-state index in [0.717, 1.165) is 50.3 Å². The van der Waals surface area contributed by atoms with Crippen molar-refractivity contribution in [3.05, 3.63) is 76.6 Å². The van der Waals surface area contributed by atoms with Crippen molar-refractivity contribution in [2.24, 2.45) is 10.2 Å². The Morgan fingerprint density at radius 1 is 0.947 bits per heavy atom. The number of fused-ring (bicyclic) bond motifs is 2. The summed E-state index contributed by atoms with van der Waals surface area (Å²) in [6.45, 7) is 0. The predicted octanol–water partition coefficient (Wildman–Crippen LogP) is 6.02. The highest BCUT2D eigenvalue weighted by molar-refractivity contribution is 7.86. The van der Waals surface area contributed by atoms with E-state index in [1.54, 1.807) is 12.1 Å². The number of hydrogen-bond donors (Lipinski definition) is 2. The Kier molecular flexibility index (Phi) is 6.80. The lowest BCUT2D eigenvalue weighted by molar-refractivity contribution is 0.0980. The number of anilines is 1. The summed E-state index contributed by atoms with van der Waals surface area (Å²) in [6, 6.07) is 10.7. The number of nitrogens with one attached hydrogen (secondary N) is 1. The number of hydrogen-bond acceptors (Lipinski definition) is 8. The minimum atomic E-state index is -4.94. The van der Waals surface area contributed by atoms with Crippen molar-refractivity contribution in [2.45, 2.75) is 43.0 Å². The summed E-state index contributed by atoms with van der Waals surface area (Å²) in [6.07, 6.45) is 4.59. The zero-order valence-corrected chi connectivity index (χ0v) is 21.2. The Labute approximate surface area is 218 Å². The van der Waals surface area contributed by atoms with Crippen LogP contribution < -0.4 is 10.1 Å². The molecule has 38 heavy (non-hydrogen) atoms. The fourth-order valence-electron chi connectivity index (χ4n) is 4.98. The van der Waals surface area contributed by atoms with Crippen molar-refractivity contribution in [3.63, 3.8) is 0 Å². The Morgan fingerprint density at radius 3 is 2.24 bits per heavy atom. The monoisotopic (exact) mass is 537 g/mol. The topological polar surface area (TPSA) is 134 Å². The second kappa shape index (κ2) is 10.1. The van der Waals surface area contributed by atoms with Gasteiger partial charge in [0, 0.05) is 28.9 Å². The lowest BCUT2D eigenvalue weighted by Gasteiger charge is -2.28. The summed E-state index contributed by atoms with van der Waals surface area (Å²) in [7, 11) is -3.60. The number of methoxy groups -OCH3 is 1. The maximum Gasteiger partial charge on any atom is 0.296 e. The Hall–Kier alpha value is -3.96. The summed E-state index contributed by atoms with van der Waals surface area (Å²) < 4.78 is 54.3. The molecule has 0 unspecified atom stereocenters. The Bertz CT molecular complexity index is 1600. The molecule has 196 valence electrons. The molecule has 9 nitrogen and oxygen atoms in total. The molecule has 0 heterocycles. The van der Waals surface area contributed by atoms with Crippen molar-refractivity contribution in [2.75, 3.05) is 12.4 Å². The molecule has 5 rings (SSSR count). The van der Waals surface area contributed by atoms with Crippen LogP contribution in [0.15, 0.2) is 63.7 Å². The van der Waals surface area contributed by atoms with Gasteiger partial charge in [0.15, 0.2) is 11.6 Å². The first kappa shape index (κ1) is 25.7. The maximum atomic E-state index is 13.9. The fourth-order valence-corrected chi connectivity index (χ4v) is 5.63. The highest BCUT2D eigenvalue weighted by Crippen LogP contribution is 2.43. The van der Waals surface area contributed by atoms with Crippen LogP contribution in [0.3, 0.4) is 0 Å². The molecule has 0 bridgehead atoms. The minimum absolute atomic E-state index is 0.0492. The summed E-state index contributed by atoms with van der Waals surface area (Å²) in [4.78, 5) is 26.7. The van der Waals surface area contributed by atoms with Crippen LogP contribution in [0.5, 0.6) is 5.75 Å². The summed E-state index contributed by atoms with van der Waals surface area (Å²) in [5.74, 6) is -1.65. The SMILES string of the molecule is COc1ccc(F)cc1/N=N/c1c(S(=O)(=O)O)cc(NC2CCCCC2)c2c1C(=O)c1ccccc1C2=O. The van der Waals surface area contributed by atoms with Gasteiger partial charge in [0.05, 0.1) is 18.2 Å². The fraction of sp³-hybridized carbons (Fsp3) is 0.259. The van der Waals surface area contributed by atoms with Gasteiger partial charge in [-0.15, -0.1) is 10.2 Å². The van der Waals surface area contributed by atoms with Gasteiger partial charge < -0.3 is 10.1 Å². The van der Waals surface area contributed by atoms with E-state index < -0.39 is 38.1 Å². The molecule has 2 aliphatic carbocycles. The normalized spacial score (nSPS) is 15.9. The predicted molar refractivity (Wildman–Crippen MR) is 137 cm³/mol. The van der Waals surface area contributed by atoms with Crippen LogP contribution in [-0.4, -0.2) is 37.7 Å². The second-order valence-electron chi connectivity index (χ2n) is 9.20. The zero-order chi connectivity index (χ0) is 27.0. The number of benzene rings is 3. The van der Waals surface area contributed by atoms with E-state index in [1.807, 2.05) is 0 Å². The molecule has 2 N–H and O–H groups in total. The first-order chi connectivity index (χ1) is 18.2. The highest BCUT2D eigenvalue weighted by Gasteiger charge is 2.38. The molecule has 1 fully saturated rings. The molecule has 0 spiro atoms. The van der Waals surface area contributed by atoms with E-state index in [0.29, 0.717) is 0 Å². The molecule has 0 amide bonds. The molecular weight excluding hydrogens is 513 g/mol. The van der Waals surface area contributed by atoms with Crippen molar-refractivity contribution >= 4 is 38.7 Å². The van der Waals surface area contributed by atoms with Gasteiger partial charge in [0.25, 0.3) is 10.1 Å². The van der Waals surface area contributed by atoms with Crippen LogP contribution in [-0.2, 0) is 10.1 Å². The first-order valence-electron chi connectivity index (χ1n) is 12.1. The molecule has 0 aliphatic heterocycles.